The van der Waals surface area contributed by atoms with Crippen molar-refractivity contribution in [2.45, 2.75) is 0 Å². The van der Waals surface area contributed by atoms with E-state index in [4.69, 9.17) is 27.9 Å². The van der Waals surface area contributed by atoms with Crippen LogP contribution in [0.3, 0.4) is 0 Å². The quantitative estimate of drug-likeness (QED) is 0.406. The van der Waals surface area contributed by atoms with Gasteiger partial charge in [0.2, 0.25) is 0 Å². The molecule has 0 fully saturated rings. The first-order valence-electron chi connectivity index (χ1n) is 8.43. The first-order valence-corrected chi connectivity index (χ1v) is 10.00. The van der Waals surface area contributed by atoms with Crippen LogP contribution in [0, 0.1) is 0 Å². The SMILES string of the molecule is O=C(COc1ccccc1)Nc1cc(-c2nc3ccccc3s2)c(Cl)cc1Cl. The molecule has 3 aromatic carbocycles. The fourth-order valence-electron chi connectivity index (χ4n) is 2.65. The summed E-state index contributed by atoms with van der Waals surface area (Å²) in [5.74, 6) is 0.304. The van der Waals surface area contributed by atoms with Crippen LogP contribution in [-0.4, -0.2) is 17.5 Å². The lowest BCUT2D eigenvalue weighted by molar-refractivity contribution is -0.118. The molecular formula is C21H14Cl2N2O2S. The van der Waals surface area contributed by atoms with Crippen molar-refractivity contribution >= 4 is 56.3 Å². The van der Waals surface area contributed by atoms with Crippen LogP contribution >= 0.6 is 34.5 Å². The van der Waals surface area contributed by atoms with Crippen molar-refractivity contribution in [2.24, 2.45) is 0 Å². The Bertz CT molecular complexity index is 1110. The molecule has 1 N–H and O–H groups in total. The van der Waals surface area contributed by atoms with Crippen molar-refractivity contribution in [3.63, 3.8) is 0 Å². The number of hydrogen-bond donors (Lipinski definition) is 1. The Morgan fingerprint density at radius 2 is 1.75 bits per heavy atom. The van der Waals surface area contributed by atoms with Gasteiger partial charge < -0.3 is 10.1 Å². The van der Waals surface area contributed by atoms with E-state index in [2.05, 4.69) is 10.3 Å². The molecule has 1 amide bonds. The van der Waals surface area contributed by atoms with Gasteiger partial charge in [0.1, 0.15) is 10.8 Å². The van der Waals surface area contributed by atoms with Crippen LogP contribution in [-0.2, 0) is 4.79 Å². The summed E-state index contributed by atoms with van der Waals surface area (Å²) in [6, 6.07) is 20.3. The van der Waals surface area contributed by atoms with Crippen LogP contribution in [0.5, 0.6) is 5.75 Å². The van der Waals surface area contributed by atoms with Gasteiger partial charge in [0.25, 0.3) is 5.91 Å². The predicted molar refractivity (Wildman–Crippen MR) is 116 cm³/mol. The number of nitrogens with one attached hydrogen (secondary N) is 1. The normalized spacial score (nSPS) is 10.8. The maximum Gasteiger partial charge on any atom is 0.262 e. The largest absolute Gasteiger partial charge is 0.484 e. The third-order valence-corrected chi connectivity index (χ3v) is 5.66. The van der Waals surface area contributed by atoms with Crippen LogP contribution in [0.4, 0.5) is 5.69 Å². The highest BCUT2D eigenvalue weighted by molar-refractivity contribution is 7.21. The highest BCUT2D eigenvalue weighted by Crippen LogP contribution is 2.38. The maximum atomic E-state index is 12.3. The number of anilines is 1. The molecule has 4 rings (SSSR count). The van der Waals surface area contributed by atoms with E-state index in [-0.39, 0.29) is 12.5 Å². The zero-order valence-corrected chi connectivity index (χ0v) is 16.8. The average Bonchev–Trinajstić information content (AvgIpc) is 3.13. The Kier molecular flexibility index (Phi) is 5.48. The number of rotatable bonds is 5. The number of aromatic nitrogens is 1. The minimum absolute atomic E-state index is 0.126. The highest BCUT2D eigenvalue weighted by Gasteiger charge is 2.15. The summed E-state index contributed by atoms with van der Waals surface area (Å²) < 4.78 is 6.53. The van der Waals surface area contributed by atoms with E-state index in [1.807, 2.05) is 42.5 Å². The van der Waals surface area contributed by atoms with E-state index >= 15 is 0 Å². The molecule has 0 radical (unpaired) electrons. The average molecular weight is 429 g/mol. The van der Waals surface area contributed by atoms with Crippen molar-refractivity contribution in [1.29, 1.82) is 0 Å². The van der Waals surface area contributed by atoms with Crippen LogP contribution in [0.25, 0.3) is 20.8 Å². The number of hydrogen-bond acceptors (Lipinski definition) is 4. The number of halogens is 2. The van der Waals surface area contributed by atoms with Crippen LogP contribution < -0.4 is 10.1 Å². The summed E-state index contributed by atoms with van der Waals surface area (Å²) in [4.78, 5) is 16.9. The van der Waals surface area contributed by atoms with Gasteiger partial charge in [0, 0.05) is 5.56 Å². The number of benzene rings is 3. The van der Waals surface area contributed by atoms with Gasteiger partial charge in [0.15, 0.2) is 6.61 Å². The van der Waals surface area contributed by atoms with Gasteiger partial charge >= 0.3 is 0 Å². The molecule has 1 heterocycles. The lowest BCUT2D eigenvalue weighted by Crippen LogP contribution is -2.20. The molecule has 0 spiro atoms. The second-order valence-corrected chi connectivity index (χ2v) is 7.79. The molecular weight excluding hydrogens is 415 g/mol. The zero-order valence-electron chi connectivity index (χ0n) is 14.5. The van der Waals surface area contributed by atoms with Gasteiger partial charge in [-0.1, -0.05) is 53.5 Å². The van der Waals surface area contributed by atoms with E-state index in [0.29, 0.717) is 27.0 Å². The molecule has 0 atom stereocenters. The Balaban J connectivity index is 1.56. The second kappa shape index (κ2) is 8.19. The number of fused-ring (bicyclic) bond motifs is 1. The van der Waals surface area contributed by atoms with Gasteiger partial charge in [-0.3, -0.25) is 4.79 Å². The minimum Gasteiger partial charge on any atom is -0.484 e. The first-order chi connectivity index (χ1) is 13.6. The lowest BCUT2D eigenvalue weighted by atomic mass is 10.2. The third-order valence-electron chi connectivity index (χ3n) is 3.97. The molecule has 7 heteroatoms. The zero-order chi connectivity index (χ0) is 19.5. The van der Waals surface area contributed by atoms with Crippen LogP contribution in [0.15, 0.2) is 66.7 Å². The molecule has 4 aromatic rings. The standard InChI is InChI=1S/C21H14Cl2N2O2S/c22-15-11-16(23)18(24-20(26)12-27-13-6-2-1-3-7-13)10-14(15)21-25-17-8-4-5-9-19(17)28-21/h1-11H,12H2,(H,24,26). The van der Waals surface area contributed by atoms with E-state index in [1.165, 1.54) is 11.3 Å². The van der Waals surface area contributed by atoms with Crippen molar-refractivity contribution in [1.82, 2.24) is 4.98 Å². The molecule has 28 heavy (non-hydrogen) atoms. The Morgan fingerprint density at radius 1 is 1.00 bits per heavy atom. The van der Waals surface area contributed by atoms with Crippen molar-refractivity contribution < 1.29 is 9.53 Å². The molecule has 0 bridgehead atoms. The van der Waals surface area contributed by atoms with Crippen LogP contribution in [0.2, 0.25) is 10.0 Å². The Morgan fingerprint density at radius 3 is 2.54 bits per heavy atom. The summed E-state index contributed by atoms with van der Waals surface area (Å²) in [5.41, 5.74) is 2.07. The minimum atomic E-state index is -0.316. The van der Waals surface area contributed by atoms with Gasteiger partial charge in [-0.2, -0.15) is 0 Å². The maximum absolute atomic E-state index is 12.3. The van der Waals surface area contributed by atoms with Gasteiger partial charge in [-0.25, -0.2) is 4.98 Å². The number of thiazole rings is 1. The van der Waals surface area contributed by atoms with Gasteiger partial charge in [0.05, 0.1) is 25.9 Å². The molecule has 0 aliphatic rings. The molecule has 140 valence electrons. The Labute approximate surface area is 175 Å². The molecule has 0 aliphatic carbocycles. The molecule has 0 saturated carbocycles. The van der Waals surface area contributed by atoms with Crippen molar-refractivity contribution in [2.75, 3.05) is 11.9 Å². The second-order valence-electron chi connectivity index (χ2n) is 5.95. The van der Waals surface area contributed by atoms with Gasteiger partial charge in [-0.15, -0.1) is 11.3 Å². The summed E-state index contributed by atoms with van der Waals surface area (Å²) in [7, 11) is 0. The van der Waals surface area contributed by atoms with Crippen LogP contribution in [0.1, 0.15) is 0 Å². The summed E-state index contributed by atoms with van der Waals surface area (Å²) in [6.45, 7) is -0.126. The fourth-order valence-corrected chi connectivity index (χ4v) is 4.22. The molecule has 1 aromatic heterocycles. The number of carbonyl (C=O) groups is 1. The number of carbonyl (C=O) groups excluding carboxylic acids is 1. The monoisotopic (exact) mass is 428 g/mol. The molecule has 0 saturated heterocycles. The highest BCUT2D eigenvalue weighted by atomic mass is 35.5. The predicted octanol–water partition coefficient (Wildman–Crippen LogP) is 6.29. The molecule has 0 aliphatic heterocycles. The smallest absolute Gasteiger partial charge is 0.262 e. The summed E-state index contributed by atoms with van der Waals surface area (Å²) in [5, 5.41) is 4.36. The van der Waals surface area contributed by atoms with E-state index in [9.17, 15) is 4.79 Å². The van der Waals surface area contributed by atoms with Crippen molar-refractivity contribution in [3.05, 3.63) is 76.8 Å². The third kappa shape index (κ3) is 4.12. The first kappa shape index (κ1) is 18.7. The van der Waals surface area contributed by atoms with E-state index in [1.54, 1.807) is 24.3 Å². The number of nitrogens with zero attached hydrogens (tertiary/aromatic N) is 1. The molecule has 0 unspecified atom stereocenters. The topological polar surface area (TPSA) is 51.2 Å². The van der Waals surface area contributed by atoms with E-state index in [0.717, 1.165) is 15.2 Å². The summed E-state index contributed by atoms with van der Waals surface area (Å²) >= 11 is 14.2. The number of amides is 1. The number of ether oxygens (including phenoxy) is 1. The molecule has 4 nitrogen and oxygen atoms in total. The fraction of sp³-hybridized carbons (Fsp3) is 0.0476. The van der Waals surface area contributed by atoms with Crippen molar-refractivity contribution in [3.8, 4) is 16.3 Å². The van der Waals surface area contributed by atoms with E-state index < -0.39 is 0 Å². The Hall–Kier alpha value is -2.60. The van der Waals surface area contributed by atoms with Gasteiger partial charge in [-0.05, 0) is 36.4 Å². The number of para-hydroxylation sites is 2. The summed E-state index contributed by atoms with van der Waals surface area (Å²) in [6.07, 6.45) is 0. The lowest BCUT2D eigenvalue weighted by Gasteiger charge is -2.11.